The summed E-state index contributed by atoms with van der Waals surface area (Å²) in [6, 6.07) is 4.41. The Hall–Kier alpha value is -1.77. The van der Waals surface area contributed by atoms with E-state index in [1.807, 2.05) is 0 Å². The molecular formula is C13H9F2N. The monoisotopic (exact) mass is 217 g/mol. The first kappa shape index (κ1) is 9.46. The Morgan fingerprint density at radius 3 is 2.69 bits per heavy atom. The van der Waals surface area contributed by atoms with Crippen LogP contribution in [0.1, 0.15) is 24.0 Å². The average Bonchev–Trinajstić information content (AvgIpc) is 2.53. The van der Waals surface area contributed by atoms with Crippen molar-refractivity contribution in [3.8, 4) is 0 Å². The van der Waals surface area contributed by atoms with E-state index in [2.05, 4.69) is 0 Å². The molecule has 0 fully saturated rings. The van der Waals surface area contributed by atoms with Crippen LogP contribution < -0.4 is 0 Å². The normalized spacial score (nSPS) is 18.4. The topological polar surface area (TPSA) is 23.9 Å². The molecule has 0 saturated carbocycles. The molecule has 1 nitrogen and oxygen atoms in total. The third-order valence-corrected chi connectivity index (χ3v) is 3.09. The lowest BCUT2D eigenvalue weighted by molar-refractivity contribution is 0.589. The van der Waals surface area contributed by atoms with Gasteiger partial charge < -0.3 is 0 Å². The number of hydrogen-bond acceptors (Lipinski definition) is 1. The van der Waals surface area contributed by atoms with Crippen LogP contribution in [0.5, 0.6) is 0 Å². The summed E-state index contributed by atoms with van der Waals surface area (Å²) in [6.07, 6.45) is 2.38. The van der Waals surface area contributed by atoms with Crippen LogP contribution in [-0.2, 0) is 0 Å². The van der Waals surface area contributed by atoms with Crippen LogP contribution >= 0.6 is 0 Å². The molecule has 0 amide bonds. The zero-order valence-electron chi connectivity index (χ0n) is 8.48. The van der Waals surface area contributed by atoms with Gasteiger partial charge >= 0.3 is 0 Å². The molecule has 0 heterocycles. The lowest BCUT2D eigenvalue weighted by atomic mass is 9.96. The van der Waals surface area contributed by atoms with Gasteiger partial charge in [0.1, 0.15) is 11.6 Å². The second-order valence-electron chi connectivity index (χ2n) is 4.05. The fraction of sp³-hybridized carbons (Fsp3) is 0.154. The van der Waals surface area contributed by atoms with E-state index in [1.165, 1.54) is 18.2 Å². The summed E-state index contributed by atoms with van der Waals surface area (Å²) < 4.78 is 26.2. The number of benzene rings is 1. The van der Waals surface area contributed by atoms with Crippen molar-refractivity contribution in [1.29, 1.82) is 5.41 Å². The average molecular weight is 217 g/mol. The van der Waals surface area contributed by atoms with Gasteiger partial charge in [0.25, 0.3) is 0 Å². The number of rotatable bonds is 0. The predicted molar refractivity (Wildman–Crippen MR) is 58.6 cm³/mol. The summed E-state index contributed by atoms with van der Waals surface area (Å²) in [6.45, 7) is 0. The molecule has 1 N–H and O–H groups in total. The smallest absolute Gasteiger partial charge is 0.123 e. The number of allylic oxidation sites excluding steroid dienone is 4. The van der Waals surface area contributed by atoms with E-state index in [1.54, 1.807) is 6.07 Å². The van der Waals surface area contributed by atoms with E-state index in [-0.39, 0.29) is 17.4 Å². The van der Waals surface area contributed by atoms with Gasteiger partial charge in [0.15, 0.2) is 0 Å². The zero-order chi connectivity index (χ0) is 11.3. The largest absolute Gasteiger partial charge is 0.300 e. The highest BCUT2D eigenvalue weighted by Gasteiger charge is 2.28. The van der Waals surface area contributed by atoms with Crippen molar-refractivity contribution in [1.82, 2.24) is 0 Å². The minimum absolute atomic E-state index is 0.197. The quantitative estimate of drug-likeness (QED) is 0.686. The summed E-state index contributed by atoms with van der Waals surface area (Å²) in [5, 5.41) is 7.91. The number of halogens is 2. The second kappa shape index (κ2) is 3.11. The summed E-state index contributed by atoms with van der Waals surface area (Å²) in [7, 11) is 0. The van der Waals surface area contributed by atoms with E-state index in [0.29, 0.717) is 24.0 Å². The molecule has 3 rings (SSSR count). The van der Waals surface area contributed by atoms with E-state index in [9.17, 15) is 8.78 Å². The predicted octanol–water partition coefficient (Wildman–Crippen LogP) is 3.61. The van der Waals surface area contributed by atoms with Gasteiger partial charge in [-0.25, -0.2) is 8.78 Å². The minimum Gasteiger partial charge on any atom is -0.300 e. The molecule has 1 aromatic carbocycles. The highest BCUT2D eigenvalue weighted by atomic mass is 19.1. The van der Waals surface area contributed by atoms with Crippen molar-refractivity contribution >= 4 is 11.3 Å². The Morgan fingerprint density at radius 1 is 1.06 bits per heavy atom. The molecule has 80 valence electrons. The van der Waals surface area contributed by atoms with Crippen molar-refractivity contribution in [2.45, 2.75) is 12.8 Å². The molecule has 0 saturated heterocycles. The molecule has 0 atom stereocenters. The third-order valence-electron chi connectivity index (χ3n) is 3.09. The lowest BCUT2D eigenvalue weighted by Crippen LogP contribution is -1.99. The van der Waals surface area contributed by atoms with Gasteiger partial charge in [0, 0.05) is 17.6 Å². The first-order valence-corrected chi connectivity index (χ1v) is 5.15. The Balaban J connectivity index is 2.23. The molecule has 0 aromatic heterocycles. The Labute approximate surface area is 91.6 Å². The fourth-order valence-electron chi connectivity index (χ4n) is 2.33. The van der Waals surface area contributed by atoms with Crippen molar-refractivity contribution in [3.63, 3.8) is 0 Å². The molecule has 0 spiro atoms. The number of hydrogen-bond donors (Lipinski definition) is 1. The van der Waals surface area contributed by atoms with Gasteiger partial charge in [-0.15, -0.1) is 0 Å². The zero-order valence-corrected chi connectivity index (χ0v) is 8.48. The van der Waals surface area contributed by atoms with Gasteiger partial charge in [-0.1, -0.05) is 6.07 Å². The Bertz CT molecular complexity index is 567. The molecule has 0 aliphatic heterocycles. The highest BCUT2D eigenvalue weighted by molar-refractivity contribution is 6.23. The maximum Gasteiger partial charge on any atom is 0.123 e. The molecule has 0 unspecified atom stereocenters. The molecule has 2 aliphatic rings. The van der Waals surface area contributed by atoms with Gasteiger partial charge in [-0.2, -0.15) is 0 Å². The first-order chi connectivity index (χ1) is 7.66. The van der Waals surface area contributed by atoms with Crippen molar-refractivity contribution in [2.24, 2.45) is 0 Å². The summed E-state index contributed by atoms with van der Waals surface area (Å²) in [5.74, 6) is -0.551. The van der Waals surface area contributed by atoms with Crippen LogP contribution in [0, 0.1) is 11.2 Å². The third kappa shape index (κ3) is 1.18. The van der Waals surface area contributed by atoms with E-state index < -0.39 is 0 Å². The van der Waals surface area contributed by atoms with Crippen LogP contribution in [-0.4, -0.2) is 5.71 Å². The summed E-state index contributed by atoms with van der Waals surface area (Å²) in [5.41, 5.74) is 3.28. The summed E-state index contributed by atoms with van der Waals surface area (Å²) in [4.78, 5) is 0. The standard InChI is InChI=1S/C13H9F2N/c14-7-1-3-9-10-4-2-8(15)6-12(10)13(16)11(9)5-7/h1,3,5-6,16H,2,4H2. The van der Waals surface area contributed by atoms with Gasteiger partial charge in [0.2, 0.25) is 0 Å². The molecule has 3 heteroatoms. The van der Waals surface area contributed by atoms with Gasteiger partial charge in [0.05, 0.1) is 5.71 Å². The lowest BCUT2D eigenvalue weighted by Gasteiger charge is -2.10. The fourth-order valence-corrected chi connectivity index (χ4v) is 2.33. The maximum absolute atomic E-state index is 13.2. The highest BCUT2D eigenvalue weighted by Crippen LogP contribution is 2.40. The van der Waals surface area contributed by atoms with E-state index in [0.717, 1.165) is 11.1 Å². The van der Waals surface area contributed by atoms with E-state index in [4.69, 9.17) is 5.41 Å². The van der Waals surface area contributed by atoms with Crippen LogP contribution in [0.3, 0.4) is 0 Å². The van der Waals surface area contributed by atoms with Crippen molar-refractivity contribution in [3.05, 3.63) is 52.6 Å². The van der Waals surface area contributed by atoms with Gasteiger partial charge in [-0.05, 0) is 35.8 Å². The second-order valence-corrected chi connectivity index (χ2v) is 4.05. The molecular weight excluding hydrogens is 208 g/mol. The van der Waals surface area contributed by atoms with E-state index >= 15 is 0 Å². The van der Waals surface area contributed by atoms with Crippen molar-refractivity contribution in [2.75, 3.05) is 0 Å². The molecule has 0 bridgehead atoms. The number of nitrogens with one attached hydrogen (secondary N) is 1. The van der Waals surface area contributed by atoms with Crippen LogP contribution in [0.4, 0.5) is 8.78 Å². The van der Waals surface area contributed by atoms with Crippen LogP contribution in [0.2, 0.25) is 0 Å². The van der Waals surface area contributed by atoms with Crippen LogP contribution in [0.15, 0.2) is 35.7 Å². The molecule has 2 aliphatic carbocycles. The van der Waals surface area contributed by atoms with Crippen LogP contribution in [0.25, 0.3) is 5.57 Å². The first-order valence-electron chi connectivity index (χ1n) is 5.15. The maximum atomic E-state index is 13.2. The Morgan fingerprint density at radius 2 is 1.88 bits per heavy atom. The van der Waals surface area contributed by atoms with Crippen molar-refractivity contribution < 1.29 is 8.78 Å². The Kier molecular flexibility index (Phi) is 1.84. The molecule has 1 aromatic rings. The molecule has 16 heavy (non-hydrogen) atoms. The molecule has 0 radical (unpaired) electrons. The number of fused-ring (bicyclic) bond motifs is 2. The SMILES string of the molecule is N=C1C2=C(CCC(F)=C2)c2ccc(F)cc21. The summed E-state index contributed by atoms with van der Waals surface area (Å²) >= 11 is 0. The minimum atomic E-state index is -0.354. The van der Waals surface area contributed by atoms with Gasteiger partial charge in [-0.3, -0.25) is 5.41 Å².